The van der Waals surface area contributed by atoms with E-state index in [1.54, 1.807) is 32.2 Å². The molecule has 1 aliphatic rings. The topological polar surface area (TPSA) is 124 Å². The lowest BCUT2D eigenvalue weighted by Crippen LogP contribution is -2.45. The zero-order chi connectivity index (χ0) is 21.7. The fourth-order valence-electron chi connectivity index (χ4n) is 3.32. The number of nitrogens with zero attached hydrogens (tertiary/aromatic N) is 3. The molecule has 2 aromatic rings. The number of carbonyl (C=O) groups excluding carboxylic acids is 1. The Hall–Kier alpha value is -2.66. The molecule has 1 atom stereocenters. The number of benzene rings is 1. The fraction of sp³-hybridized carbons (Fsp3) is 0.526. The second kappa shape index (κ2) is 9.43. The summed E-state index contributed by atoms with van der Waals surface area (Å²) in [4.78, 5) is 16.8. The zero-order valence-electron chi connectivity index (χ0n) is 17.3. The third-order valence-electron chi connectivity index (χ3n) is 5.04. The minimum atomic E-state index is -3.30. The standard InChI is InChI=1S/C19H26N4O6S/c1-4-30(25,26)23-9-5-6-13(12-23)19(24)20-11-17-21-18(22-29-17)15-8-7-14(27-2)10-16(15)28-3/h7-8,10,13H,4-6,9,11-12H2,1-3H3,(H,20,24)/t13-/m0/s1. The lowest BCUT2D eigenvalue weighted by molar-refractivity contribution is -0.126. The molecule has 0 spiro atoms. The second-order valence-corrected chi connectivity index (χ2v) is 9.15. The quantitative estimate of drug-likeness (QED) is 0.656. The van der Waals surface area contributed by atoms with Crippen LogP contribution in [0.1, 0.15) is 25.7 Å². The lowest BCUT2D eigenvalue weighted by Gasteiger charge is -2.30. The van der Waals surface area contributed by atoms with Gasteiger partial charge in [-0.1, -0.05) is 5.16 Å². The molecule has 10 nitrogen and oxygen atoms in total. The van der Waals surface area contributed by atoms with Crippen molar-refractivity contribution in [3.8, 4) is 22.9 Å². The summed E-state index contributed by atoms with van der Waals surface area (Å²) in [5.74, 6) is 1.14. The van der Waals surface area contributed by atoms with Crippen LogP contribution >= 0.6 is 0 Å². The van der Waals surface area contributed by atoms with Gasteiger partial charge in [0.2, 0.25) is 27.6 Å². The van der Waals surface area contributed by atoms with Gasteiger partial charge in [-0.2, -0.15) is 4.98 Å². The van der Waals surface area contributed by atoms with Crippen molar-refractivity contribution in [2.24, 2.45) is 5.92 Å². The molecule has 1 N–H and O–H groups in total. The summed E-state index contributed by atoms with van der Waals surface area (Å²) in [7, 11) is -0.206. The van der Waals surface area contributed by atoms with Crippen LogP contribution in [0.4, 0.5) is 0 Å². The van der Waals surface area contributed by atoms with E-state index in [9.17, 15) is 13.2 Å². The highest BCUT2D eigenvalue weighted by atomic mass is 32.2. The van der Waals surface area contributed by atoms with Crippen LogP contribution in [0.3, 0.4) is 0 Å². The maximum absolute atomic E-state index is 12.5. The predicted molar refractivity (Wildman–Crippen MR) is 108 cm³/mol. The SMILES string of the molecule is CCS(=O)(=O)N1CCC[C@H](C(=O)NCc2nc(-c3ccc(OC)cc3OC)no2)C1. The summed E-state index contributed by atoms with van der Waals surface area (Å²) in [5, 5.41) is 6.71. The molecule has 2 heterocycles. The Balaban J connectivity index is 1.62. The van der Waals surface area contributed by atoms with E-state index in [1.807, 2.05) is 0 Å². The molecule has 3 rings (SSSR count). The molecule has 1 aromatic carbocycles. The van der Waals surface area contributed by atoms with Crippen LogP contribution in [-0.2, 0) is 21.4 Å². The number of nitrogens with one attached hydrogen (secondary N) is 1. The van der Waals surface area contributed by atoms with Crippen LogP contribution in [0.2, 0.25) is 0 Å². The minimum absolute atomic E-state index is 0.0287. The third kappa shape index (κ3) is 4.90. The van der Waals surface area contributed by atoms with Crippen molar-refractivity contribution in [1.29, 1.82) is 0 Å². The fourth-order valence-corrected chi connectivity index (χ4v) is 4.50. The van der Waals surface area contributed by atoms with Gasteiger partial charge in [0, 0.05) is 19.2 Å². The normalized spacial score (nSPS) is 17.5. The van der Waals surface area contributed by atoms with Crippen molar-refractivity contribution in [3.63, 3.8) is 0 Å². The number of amides is 1. The first-order valence-corrected chi connectivity index (χ1v) is 11.3. The van der Waals surface area contributed by atoms with Crippen molar-refractivity contribution < 1.29 is 27.2 Å². The average Bonchev–Trinajstić information content (AvgIpc) is 3.25. The largest absolute Gasteiger partial charge is 0.497 e. The van der Waals surface area contributed by atoms with Crippen molar-refractivity contribution in [2.75, 3.05) is 33.1 Å². The Morgan fingerprint density at radius 1 is 1.33 bits per heavy atom. The van der Waals surface area contributed by atoms with E-state index in [0.717, 1.165) is 0 Å². The number of methoxy groups -OCH3 is 2. The molecule has 0 bridgehead atoms. The molecular weight excluding hydrogens is 412 g/mol. The zero-order valence-corrected chi connectivity index (χ0v) is 18.1. The van der Waals surface area contributed by atoms with E-state index in [-0.39, 0.29) is 30.6 Å². The van der Waals surface area contributed by atoms with Crippen LogP contribution in [0.25, 0.3) is 11.4 Å². The van der Waals surface area contributed by atoms with Crippen LogP contribution in [0, 0.1) is 5.92 Å². The Morgan fingerprint density at radius 2 is 2.13 bits per heavy atom. The first kappa shape index (κ1) is 22.0. The summed E-state index contributed by atoms with van der Waals surface area (Å²) in [6, 6.07) is 5.23. The summed E-state index contributed by atoms with van der Waals surface area (Å²) in [6.07, 6.45) is 1.29. The molecule has 164 valence electrons. The van der Waals surface area contributed by atoms with Gasteiger partial charge in [0.1, 0.15) is 11.5 Å². The van der Waals surface area contributed by atoms with E-state index in [4.69, 9.17) is 14.0 Å². The van der Waals surface area contributed by atoms with Gasteiger partial charge in [-0.15, -0.1) is 0 Å². The van der Waals surface area contributed by atoms with Crippen molar-refractivity contribution in [1.82, 2.24) is 19.8 Å². The van der Waals surface area contributed by atoms with Crippen molar-refractivity contribution >= 4 is 15.9 Å². The van der Waals surface area contributed by atoms with E-state index in [2.05, 4.69) is 15.5 Å². The van der Waals surface area contributed by atoms with Gasteiger partial charge in [0.25, 0.3) is 0 Å². The molecule has 1 aromatic heterocycles. The average molecular weight is 439 g/mol. The summed E-state index contributed by atoms with van der Waals surface area (Å²) in [6.45, 7) is 2.31. The minimum Gasteiger partial charge on any atom is -0.497 e. The Kier molecular flexibility index (Phi) is 6.93. The van der Waals surface area contributed by atoms with E-state index in [1.165, 1.54) is 11.4 Å². The summed E-state index contributed by atoms with van der Waals surface area (Å²) >= 11 is 0. The Morgan fingerprint density at radius 3 is 2.83 bits per heavy atom. The van der Waals surface area contributed by atoms with E-state index < -0.39 is 15.9 Å². The van der Waals surface area contributed by atoms with E-state index >= 15 is 0 Å². The highest BCUT2D eigenvalue weighted by Crippen LogP contribution is 2.31. The number of carbonyl (C=O) groups is 1. The Bertz CT molecular complexity index is 991. The molecule has 1 fully saturated rings. The van der Waals surface area contributed by atoms with Crippen LogP contribution in [0.15, 0.2) is 22.7 Å². The molecule has 1 saturated heterocycles. The number of ether oxygens (including phenoxy) is 2. The van der Waals surface area contributed by atoms with E-state index in [0.29, 0.717) is 42.3 Å². The first-order valence-electron chi connectivity index (χ1n) is 9.68. The third-order valence-corrected chi connectivity index (χ3v) is 6.89. The maximum atomic E-state index is 12.5. The summed E-state index contributed by atoms with van der Waals surface area (Å²) < 4.78 is 41.3. The molecule has 0 saturated carbocycles. The number of sulfonamides is 1. The molecule has 1 aliphatic heterocycles. The number of piperidine rings is 1. The van der Waals surface area contributed by atoms with Crippen LogP contribution in [-0.4, -0.2) is 61.8 Å². The number of hydrogen-bond acceptors (Lipinski definition) is 8. The van der Waals surface area contributed by atoms with Crippen molar-refractivity contribution in [3.05, 3.63) is 24.1 Å². The molecule has 0 unspecified atom stereocenters. The maximum Gasteiger partial charge on any atom is 0.246 e. The highest BCUT2D eigenvalue weighted by molar-refractivity contribution is 7.89. The molecule has 0 aliphatic carbocycles. The van der Waals surface area contributed by atoms with Gasteiger partial charge in [0.15, 0.2) is 0 Å². The van der Waals surface area contributed by atoms with Crippen molar-refractivity contribution in [2.45, 2.75) is 26.3 Å². The number of aromatic nitrogens is 2. The molecular formula is C19H26N4O6S. The van der Waals surface area contributed by atoms with Gasteiger partial charge in [0.05, 0.1) is 38.0 Å². The molecule has 30 heavy (non-hydrogen) atoms. The smallest absolute Gasteiger partial charge is 0.246 e. The molecule has 11 heteroatoms. The van der Waals surface area contributed by atoms with Gasteiger partial charge in [-0.25, -0.2) is 12.7 Å². The number of rotatable bonds is 8. The van der Waals surface area contributed by atoms with Crippen LogP contribution in [0.5, 0.6) is 11.5 Å². The number of hydrogen-bond donors (Lipinski definition) is 1. The van der Waals surface area contributed by atoms with Gasteiger partial charge in [-0.3, -0.25) is 4.79 Å². The van der Waals surface area contributed by atoms with Crippen LogP contribution < -0.4 is 14.8 Å². The van der Waals surface area contributed by atoms with Gasteiger partial charge < -0.3 is 19.3 Å². The molecule has 0 radical (unpaired) electrons. The summed E-state index contributed by atoms with van der Waals surface area (Å²) in [5.41, 5.74) is 0.632. The van der Waals surface area contributed by atoms with Gasteiger partial charge in [-0.05, 0) is 31.9 Å². The molecule has 1 amide bonds. The first-order chi connectivity index (χ1) is 14.4. The predicted octanol–water partition coefficient (Wildman–Crippen LogP) is 1.43. The Labute approximate surface area is 175 Å². The lowest BCUT2D eigenvalue weighted by atomic mass is 9.99. The monoisotopic (exact) mass is 438 g/mol. The highest BCUT2D eigenvalue weighted by Gasteiger charge is 2.31. The van der Waals surface area contributed by atoms with Gasteiger partial charge >= 0.3 is 0 Å². The second-order valence-electron chi connectivity index (χ2n) is 6.89.